The van der Waals surface area contributed by atoms with E-state index < -0.39 is 0 Å². The lowest BCUT2D eigenvalue weighted by Crippen LogP contribution is -1.97. The molecule has 0 bridgehead atoms. The molecule has 1 aromatic carbocycles. The van der Waals surface area contributed by atoms with Gasteiger partial charge in [-0.1, -0.05) is 30.3 Å². The Morgan fingerprint density at radius 2 is 1.95 bits per heavy atom. The molecule has 0 saturated carbocycles. The second-order valence-corrected chi connectivity index (χ2v) is 4.51. The Balaban J connectivity index is 1.95. The maximum atomic E-state index is 10.8. The topological polar surface area (TPSA) is 42.2 Å². The quantitative estimate of drug-likeness (QED) is 0.782. The number of benzene rings is 1. The number of hydrogen-bond acceptors (Lipinski definition) is 3. The summed E-state index contributed by atoms with van der Waals surface area (Å²) < 4.78 is 6.39. The van der Waals surface area contributed by atoms with Crippen molar-refractivity contribution in [2.45, 2.75) is 13.5 Å². The average molecular weight is 269 g/mol. The number of hydrogen-bond donors (Lipinski definition) is 0. The van der Waals surface area contributed by atoms with Gasteiger partial charge in [0.15, 0.2) is 7.05 Å². The van der Waals surface area contributed by atoms with Crippen molar-refractivity contribution in [2.24, 2.45) is 0 Å². The fraction of sp³-hybridized carbons (Fsp3) is 0.188. The second kappa shape index (κ2) is 6.61. The molecule has 2 rings (SSSR count). The van der Waals surface area contributed by atoms with E-state index >= 15 is 0 Å². The third-order valence-corrected chi connectivity index (χ3v) is 2.71. The van der Waals surface area contributed by atoms with Gasteiger partial charge in [0.2, 0.25) is 12.1 Å². The predicted molar refractivity (Wildman–Crippen MR) is 78.3 cm³/mol. The minimum absolute atomic E-state index is 0.474. The Labute approximate surface area is 118 Å². The van der Waals surface area contributed by atoms with Crippen LogP contribution in [0, 0.1) is 11.8 Å². The summed E-state index contributed by atoms with van der Waals surface area (Å²) in [5.41, 5.74) is 2.97. The maximum Gasteiger partial charge on any atom is 0.221 e. The van der Waals surface area contributed by atoms with E-state index in [1.165, 1.54) is 13.2 Å². The maximum absolute atomic E-state index is 10.8. The van der Waals surface area contributed by atoms with Gasteiger partial charge in [-0.25, -0.2) is 4.98 Å². The molecule has 4 nitrogen and oxygen atoms in total. The highest BCUT2D eigenvalue weighted by Gasteiger charge is 1.98. The number of nitroso groups, excluding NO2 is 1. The van der Waals surface area contributed by atoms with Crippen molar-refractivity contribution in [1.82, 2.24) is 4.98 Å². The molecule has 0 fully saturated rings. The Morgan fingerprint density at radius 3 is 2.60 bits per heavy atom. The van der Waals surface area contributed by atoms with E-state index in [-0.39, 0.29) is 0 Å². The van der Waals surface area contributed by atoms with Crippen molar-refractivity contribution >= 4 is 6.08 Å². The Morgan fingerprint density at radius 1 is 1.20 bits per heavy atom. The molecule has 0 N–H and O–H groups in total. The van der Waals surface area contributed by atoms with Crippen molar-refractivity contribution in [3.05, 3.63) is 70.4 Å². The fourth-order valence-electron chi connectivity index (χ4n) is 1.67. The van der Waals surface area contributed by atoms with E-state index in [4.69, 9.17) is 4.74 Å². The lowest BCUT2D eigenvalue weighted by atomic mass is 10.1. The van der Waals surface area contributed by atoms with Gasteiger partial charge in [-0.3, -0.25) is 0 Å². The lowest BCUT2D eigenvalue weighted by molar-refractivity contribution is -0.443. The van der Waals surface area contributed by atoms with Crippen LogP contribution in [-0.4, -0.2) is 16.8 Å². The molecule has 2 aromatic rings. The van der Waals surface area contributed by atoms with E-state index in [0.29, 0.717) is 12.5 Å². The Bertz CT molecular complexity index is 619. The largest absolute Gasteiger partial charge is 0.473 e. The minimum Gasteiger partial charge on any atom is -0.473 e. The van der Waals surface area contributed by atoms with Crippen molar-refractivity contribution < 1.29 is 9.50 Å². The molecule has 0 aliphatic heterocycles. The van der Waals surface area contributed by atoms with Gasteiger partial charge >= 0.3 is 0 Å². The van der Waals surface area contributed by atoms with Crippen LogP contribution >= 0.6 is 0 Å². The summed E-state index contributed by atoms with van der Waals surface area (Å²) in [7, 11) is 1.45. The second-order valence-electron chi connectivity index (χ2n) is 4.51. The summed E-state index contributed by atoms with van der Waals surface area (Å²) in [6, 6.07) is 13.5. The standard InChI is InChI=1S/C16H17N2O2/c1-13-4-3-5-16(17-13)20-12-15-8-6-14(7-9-15)10-11-18(2)19/h3-11H,12H2,1-2H3/q+1/b11-10+. The highest BCUT2D eigenvalue weighted by molar-refractivity contribution is 5.48. The molecule has 1 heterocycles. The van der Waals surface area contributed by atoms with Crippen molar-refractivity contribution in [3.63, 3.8) is 0 Å². The summed E-state index contributed by atoms with van der Waals surface area (Å²) in [4.78, 5) is 15.1. The van der Waals surface area contributed by atoms with Gasteiger partial charge in [0.05, 0.1) is 0 Å². The zero-order chi connectivity index (χ0) is 14.4. The van der Waals surface area contributed by atoms with Crippen LogP contribution in [0.4, 0.5) is 0 Å². The van der Waals surface area contributed by atoms with Gasteiger partial charge in [-0.05, 0) is 24.1 Å². The van der Waals surface area contributed by atoms with E-state index in [2.05, 4.69) is 4.98 Å². The molecule has 0 aliphatic carbocycles. The Kier molecular flexibility index (Phi) is 4.60. The summed E-state index contributed by atoms with van der Waals surface area (Å²) >= 11 is 0. The monoisotopic (exact) mass is 269 g/mol. The molecule has 20 heavy (non-hydrogen) atoms. The molecule has 102 valence electrons. The fourth-order valence-corrected chi connectivity index (χ4v) is 1.67. The number of ether oxygens (including phenoxy) is 1. The normalized spacial score (nSPS) is 10.7. The molecule has 0 aliphatic rings. The van der Waals surface area contributed by atoms with Crippen LogP contribution in [-0.2, 0) is 6.61 Å². The van der Waals surface area contributed by atoms with Gasteiger partial charge in [0.25, 0.3) is 0 Å². The van der Waals surface area contributed by atoms with E-state index in [1.807, 2.05) is 49.4 Å². The summed E-state index contributed by atoms with van der Waals surface area (Å²) in [5.74, 6) is 0.627. The zero-order valence-electron chi connectivity index (χ0n) is 11.6. The zero-order valence-corrected chi connectivity index (χ0v) is 11.6. The first kappa shape index (κ1) is 13.9. The van der Waals surface area contributed by atoms with Crippen LogP contribution in [0.3, 0.4) is 0 Å². The first-order valence-corrected chi connectivity index (χ1v) is 6.37. The van der Waals surface area contributed by atoms with Crippen LogP contribution in [0.25, 0.3) is 6.08 Å². The van der Waals surface area contributed by atoms with Gasteiger partial charge in [-0.15, -0.1) is 0 Å². The van der Waals surface area contributed by atoms with Gasteiger partial charge in [-0.2, -0.15) is 0 Å². The molecule has 4 heteroatoms. The van der Waals surface area contributed by atoms with Crippen molar-refractivity contribution in [2.75, 3.05) is 7.05 Å². The van der Waals surface area contributed by atoms with Crippen LogP contribution in [0.1, 0.15) is 16.8 Å². The molecule has 0 radical (unpaired) electrons. The predicted octanol–water partition coefficient (Wildman–Crippen LogP) is 3.35. The van der Waals surface area contributed by atoms with Gasteiger partial charge < -0.3 is 4.74 Å². The van der Waals surface area contributed by atoms with Crippen LogP contribution < -0.4 is 4.74 Å². The van der Waals surface area contributed by atoms with Crippen molar-refractivity contribution in [1.29, 1.82) is 0 Å². The van der Waals surface area contributed by atoms with Crippen LogP contribution in [0.15, 0.2) is 48.7 Å². The van der Waals surface area contributed by atoms with E-state index in [0.717, 1.165) is 21.6 Å². The first-order chi connectivity index (χ1) is 9.63. The Hall–Kier alpha value is -2.49. The number of nitrogens with zero attached hydrogens (tertiary/aromatic N) is 2. The van der Waals surface area contributed by atoms with E-state index in [9.17, 15) is 4.91 Å². The smallest absolute Gasteiger partial charge is 0.221 e. The highest BCUT2D eigenvalue weighted by Crippen LogP contribution is 2.11. The molecule has 0 saturated heterocycles. The molecule has 0 spiro atoms. The first-order valence-electron chi connectivity index (χ1n) is 6.37. The molecule has 0 atom stereocenters. The summed E-state index contributed by atoms with van der Waals surface area (Å²) in [6.45, 7) is 2.41. The van der Waals surface area contributed by atoms with Crippen LogP contribution in [0.2, 0.25) is 0 Å². The average Bonchev–Trinajstić information content (AvgIpc) is 2.44. The highest BCUT2D eigenvalue weighted by atomic mass is 16.5. The third kappa shape index (κ3) is 4.31. The SMILES string of the molecule is Cc1cccc(OCc2ccc(/C=C/[N+](C)=O)cc2)n1. The van der Waals surface area contributed by atoms with E-state index in [1.54, 1.807) is 6.08 Å². The summed E-state index contributed by atoms with van der Waals surface area (Å²) in [6.07, 6.45) is 3.24. The minimum atomic E-state index is 0.474. The molecule has 0 unspecified atom stereocenters. The molecule has 0 amide bonds. The number of aryl methyl sites for hydroxylation is 1. The molecular weight excluding hydrogens is 252 g/mol. The number of rotatable bonds is 5. The lowest BCUT2D eigenvalue weighted by Gasteiger charge is -2.06. The van der Waals surface area contributed by atoms with Gasteiger partial charge in [0, 0.05) is 27.5 Å². The van der Waals surface area contributed by atoms with Crippen molar-refractivity contribution in [3.8, 4) is 5.88 Å². The molecule has 1 aromatic heterocycles. The van der Waals surface area contributed by atoms with Gasteiger partial charge in [0.1, 0.15) is 6.61 Å². The molecular formula is C16H17N2O2+. The summed E-state index contributed by atoms with van der Waals surface area (Å²) in [5, 5.41) is 0. The third-order valence-electron chi connectivity index (χ3n) is 2.71. The number of aromatic nitrogens is 1. The van der Waals surface area contributed by atoms with Crippen LogP contribution in [0.5, 0.6) is 5.88 Å². The number of pyridine rings is 1.